The number of hydrogen-bond acceptors (Lipinski definition) is 3. The fourth-order valence-electron chi connectivity index (χ4n) is 2.70. The summed E-state index contributed by atoms with van der Waals surface area (Å²) in [6, 6.07) is 9.39. The Balaban J connectivity index is 1.82. The van der Waals surface area contributed by atoms with Crippen molar-refractivity contribution in [2.75, 3.05) is 26.7 Å². The van der Waals surface area contributed by atoms with E-state index in [2.05, 4.69) is 10.2 Å². The highest BCUT2D eigenvalue weighted by Gasteiger charge is 2.25. The molecular formula is C16H22N2O2. The van der Waals surface area contributed by atoms with Crippen LogP contribution in [0.3, 0.4) is 0 Å². The van der Waals surface area contributed by atoms with Crippen molar-refractivity contribution in [2.45, 2.75) is 19.3 Å². The van der Waals surface area contributed by atoms with Gasteiger partial charge in [-0.15, -0.1) is 0 Å². The van der Waals surface area contributed by atoms with Crippen LogP contribution in [0.25, 0.3) is 0 Å². The Morgan fingerprint density at radius 1 is 1.30 bits per heavy atom. The van der Waals surface area contributed by atoms with Crippen LogP contribution in [0.4, 0.5) is 0 Å². The van der Waals surface area contributed by atoms with Crippen molar-refractivity contribution in [3.8, 4) is 0 Å². The Morgan fingerprint density at radius 3 is 2.75 bits per heavy atom. The van der Waals surface area contributed by atoms with Gasteiger partial charge in [0.05, 0.1) is 5.92 Å². The van der Waals surface area contributed by atoms with E-state index in [-0.39, 0.29) is 17.6 Å². The van der Waals surface area contributed by atoms with E-state index in [0.29, 0.717) is 6.42 Å². The number of carbonyl (C=O) groups excluding carboxylic acids is 2. The molecule has 20 heavy (non-hydrogen) atoms. The number of ketones is 1. The van der Waals surface area contributed by atoms with E-state index in [1.165, 1.54) is 0 Å². The quantitative estimate of drug-likeness (QED) is 0.832. The molecule has 4 nitrogen and oxygen atoms in total. The van der Waals surface area contributed by atoms with Crippen LogP contribution in [0.1, 0.15) is 29.6 Å². The first kappa shape index (κ1) is 14.7. The molecule has 1 amide bonds. The van der Waals surface area contributed by atoms with Crippen molar-refractivity contribution in [1.29, 1.82) is 0 Å². The monoisotopic (exact) mass is 274 g/mol. The van der Waals surface area contributed by atoms with Gasteiger partial charge in [-0.1, -0.05) is 30.3 Å². The van der Waals surface area contributed by atoms with Crippen molar-refractivity contribution in [3.05, 3.63) is 35.9 Å². The van der Waals surface area contributed by atoms with Crippen LogP contribution >= 0.6 is 0 Å². The van der Waals surface area contributed by atoms with Crippen LogP contribution in [0.5, 0.6) is 0 Å². The molecule has 0 aliphatic carbocycles. The molecule has 1 unspecified atom stereocenters. The van der Waals surface area contributed by atoms with E-state index in [1.807, 2.05) is 30.3 Å². The van der Waals surface area contributed by atoms with Gasteiger partial charge >= 0.3 is 0 Å². The van der Waals surface area contributed by atoms with Gasteiger partial charge in [-0.2, -0.15) is 0 Å². The molecule has 0 aromatic heterocycles. The summed E-state index contributed by atoms with van der Waals surface area (Å²) in [6.07, 6.45) is 2.49. The molecule has 1 aliphatic heterocycles. The minimum atomic E-state index is 0.0700. The van der Waals surface area contributed by atoms with Gasteiger partial charge < -0.3 is 10.2 Å². The highest BCUT2D eigenvalue weighted by Crippen LogP contribution is 2.17. The second-order valence-electron chi connectivity index (χ2n) is 5.29. The molecule has 0 saturated carbocycles. The standard InChI is InChI=1S/C16H22N2O2/c1-17-16(20)14-8-5-10-18(12-14)11-9-15(19)13-6-3-2-4-7-13/h2-4,6-7,14H,5,8-12H2,1H3,(H,17,20). The third-order valence-electron chi connectivity index (χ3n) is 3.87. The molecule has 4 heteroatoms. The molecule has 1 atom stereocenters. The van der Waals surface area contributed by atoms with Crippen molar-refractivity contribution in [3.63, 3.8) is 0 Å². The Hall–Kier alpha value is -1.68. The zero-order chi connectivity index (χ0) is 14.4. The molecule has 1 saturated heterocycles. The van der Waals surface area contributed by atoms with Crippen molar-refractivity contribution in [2.24, 2.45) is 5.92 Å². The molecule has 1 aromatic rings. The summed E-state index contributed by atoms with van der Waals surface area (Å²) in [5.41, 5.74) is 0.771. The number of Topliss-reactive ketones (excluding diaryl/α,β-unsaturated/α-hetero) is 1. The molecule has 1 aliphatic rings. The average molecular weight is 274 g/mol. The van der Waals surface area contributed by atoms with E-state index >= 15 is 0 Å². The highest BCUT2D eigenvalue weighted by molar-refractivity contribution is 5.96. The van der Waals surface area contributed by atoms with Crippen LogP contribution in [-0.2, 0) is 4.79 Å². The number of amides is 1. The molecule has 108 valence electrons. The SMILES string of the molecule is CNC(=O)C1CCCN(CCC(=O)c2ccccc2)C1. The lowest BCUT2D eigenvalue weighted by atomic mass is 9.97. The number of hydrogen-bond donors (Lipinski definition) is 1. The maximum Gasteiger partial charge on any atom is 0.224 e. The third kappa shape index (κ3) is 3.90. The summed E-state index contributed by atoms with van der Waals surface area (Å²) < 4.78 is 0. The number of carbonyl (C=O) groups is 2. The fraction of sp³-hybridized carbons (Fsp3) is 0.500. The largest absolute Gasteiger partial charge is 0.359 e. The maximum absolute atomic E-state index is 12.1. The van der Waals surface area contributed by atoms with Gasteiger partial charge in [0.15, 0.2) is 5.78 Å². The van der Waals surface area contributed by atoms with Crippen molar-refractivity contribution in [1.82, 2.24) is 10.2 Å². The number of rotatable bonds is 5. The summed E-state index contributed by atoms with van der Waals surface area (Å²) in [5, 5.41) is 2.71. The number of benzene rings is 1. The molecular weight excluding hydrogens is 252 g/mol. The minimum absolute atomic E-state index is 0.0700. The molecule has 1 N–H and O–H groups in total. The minimum Gasteiger partial charge on any atom is -0.359 e. The molecule has 2 rings (SSSR count). The van der Waals surface area contributed by atoms with Crippen molar-refractivity contribution < 1.29 is 9.59 Å². The Morgan fingerprint density at radius 2 is 2.05 bits per heavy atom. The van der Waals surface area contributed by atoms with Crippen LogP contribution in [0, 0.1) is 5.92 Å². The fourth-order valence-corrected chi connectivity index (χ4v) is 2.70. The Labute approximate surface area is 120 Å². The first-order valence-corrected chi connectivity index (χ1v) is 7.23. The molecule has 1 fully saturated rings. The predicted molar refractivity (Wildman–Crippen MR) is 78.6 cm³/mol. The van der Waals surface area contributed by atoms with Gasteiger partial charge in [0, 0.05) is 32.1 Å². The Kier molecular flexibility index (Phi) is 5.30. The molecule has 1 heterocycles. The van der Waals surface area contributed by atoms with E-state index < -0.39 is 0 Å². The van der Waals surface area contributed by atoms with Crippen molar-refractivity contribution >= 4 is 11.7 Å². The Bertz CT molecular complexity index is 459. The number of nitrogens with one attached hydrogen (secondary N) is 1. The summed E-state index contributed by atoms with van der Waals surface area (Å²) in [6.45, 7) is 2.48. The van der Waals surface area contributed by atoms with Gasteiger partial charge in [0.25, 0.3) is 0 Å². The zero-order valence-corrected chi connectivity index (χ0v) is 12.0. The van der Waals surface area contributed by atoms with Gasteiger partial charge in [-0.25, -0.2) is 0 Å². The number of piperidine rings is 1. The summed E-state index contributed by atoms with van der Waals surface area (Å²) >= 11 is 0. The average Bonchev–Trinajstić information content (AvgIpc) is 2.53. The smallest absolute Gasteiger partial charge is 0.224 e. The first-order chi connectivity index (χ1) is 9.70. The van der Waals surface area contributed by atoms with Crippen LogP contribution in [0.2, 0.25) is 0 Å². The van der Waals surface area contributed by atoms with Gasteiger partial charge in [-0.05, 0) is 19.4 Å². The molecule has 0 radical (unpaired) electrons. The van der Waals surface area contributed by atoms with Gasteiger partial charge in [0.1, 0.15) is 0 Å². The highest BCUT2D eigenvalue weighted by atomic mass is 16.1. The van der Waals surface area contributed by atoms with E-state index in [4.69, 9.17) is 0 Å². The van der Waals surface area contributed by atoms with Crippen LogP contribution in [0.15, 0.2) is 30.3 Å². The van der Waals surface area contributed by atoms with Gasteiger partial charge in [-0.3, -0.25) is 9.59 Å². The lowest BCUT2D eigenvalue weighted by molar-refractivity contribution is -0.126. The summed E-state index contributed by atoms with van der Waals surface area (Å²) in [7, 11) is 1.68. The number of likely N-dealkylation sites (tertiary alicyclic amines) is 1. The number of nitrogens with zero attached hydrogens (tertiary/aromatic N) is 1. The van der Waals surface area contributed by atoms with Crippen LogP contribution < -0.4 is 5.32 Å². The second kappa shape index (κ2) is 7.20. The molecule has 0 bridgehead atoms. The lowest BCUT2D eigenvalue weighted by Gasteiger charge is -2.31. The summed E-state index contributed by atoms with van der Waals surface area (Å²) in [4.78, 5) is 25.9. The van der Waals surface area contributed by atoms with E-state index in [9.17, 15) is 9.59 Å². The first-order valence-electron chi connectivity index (χ1n) is 7.23. The normalized spacial score (nSPS) is 19.6. The zero-order valence-electron chi connectivity index (χ0n) is 12.0. The topological polar surface area (TPSA) is 49.4 Å². The lowest BCUT2D eigenvalue weighted by Crippen LogP contribution is -2.42. The molecule has 1 aromatic carbocycles. The summed E-state index contributed by atoms with van der Waals surface area (Å²) in [5.74, 6) is 0.359. The van der Waals surface area contributed by atoms with E-state index in [1.54, 1.807) is 7.05 Å². The second-order valence-corrected chi connectivity index (χ2v) is 5.29. The predicted octanol–water partition coefficient (Wildman–Crippen LogP) is 1.72. The maximum atomic E-state index is 12.1. The third-order valence-corrected chi connectivity index (χ3v) is 3.87. The molecule has 0 spiro atoms. The van der Waals surface area contributed by atoms with E-state index in [0.717, 1.165) is 38.0 Å². The van der Waals surface area contributed by atoms with Crippen LogP contribution in [-0.4, -0.2) is 43.3 Å². The van der Waals surface area contributed by atoms with Gasteiger partial charge in [0.2, 0.25) is 5.91 Å².